The molecule has 44 heavy (non-hydrogen) atoms. The molecule has 0 aliphatic heterocycles. The van der Waals surface area contributed by atoms with E-state index in [4.69, 9.17) is 0 Å². The van der Waals surface area contributed by atoms with Crippen molar-refractivity contribution in [2.24, 2.45) is 0 Å². The Labute approximate surface area is 306 Å². The first-order valence-corrected chi connectivity index (χ1v) is 17.5. The molecule has 2 aromatic rings. The van der Waals surface area contributed by atoms with Gasteiger partial charge in [-0.2, -0.15) is 0 Å². The highest BCUT2D eigenvalue weighted by molar-refractivity contribution is 9.09. The van der Waals surface area contributed by atoms with Gasteiger partial charge in [0.05, 0.1) is 26.2 Å². The average molecular weight is 856 g/mol. The van der Waals surface area contributed by atoms with Gasteiger partial charge in [-0.05, 0) is 99.7 Å². The molecular weight excluding hydrogens is 808 g/mol. The van der Waals surface area contributed by atoms with Crippen molar-refractivity contribution in [2.45, 2.75) is 117 Å². The monoisotopic (exact) mass is 852 g/mol. The van der Waals surface area contributed by atoms with E-state index in [0.29, 0.717) is 0 Å². The number of aromatic nitrogens is 4. The molecule has 0 amide bonds. The molecule has 0 saturated heterocycles. The number of nitrogens with zero attached hydrogens (tertiary/aromatic N) is 4. The van der Waals surface area contributed by atoms with Gasteiger partial charge in [0.1, 0.15) is 24.8 Å². The summed E-state index contributed by atoms with van der Waals surface area (Å²) >= 11 is 7.00. The SMILES string of the molecule is BrCCC[n+]1ccn(CCCCCCCCCCCCn2cc[n+](CCCBr)c2)c1.CC#CC#CC#CC#CC#CC.[Br-].[Br-]. The lowest BCUT2D eigenvalue weighted by molar-refractivity contribution is -0.696. The zero-order valence-corrected chi connectivity index (χ0v) is 32.8. The van der Waals surface area contributed by atoms with Crippen molar-refractivity contribution in [3.05, 3.63) is 37.4 Å². The van der Waals surface area contributed by atoms with Gasteiger partial charge in [-0.3, -0.25) is 0 Å². The Morgan fingerprint density at radius 3 is 1.11 bits per heavy atom. The van der Waals surface area contributed by atoms with Crippen molar-refractivity contribution < 1.29 is 43.1 Å². The summed E-state index contributed by atoms with van der Waals surface area (Å²) in [7, 11) is 0. The van der Waals surface area contributed by atoms with Crippen molar-refractivity contribution >= 4 is 31.9 Å². The molecule has 2 aromatic heterocycles. The van der Waals surface area contributed by atoms with Gasteiger partial charge in [-0.15, -0.1) is 0 Å². The van der Waals surface area contributed by atoms with Gasteiger partial charge in [-0.1, -0.05) is 82.2 Å². The van der Waals surface area contributed by atoms with E-state index in [1.807, 2.05) is 0 Å². The highest BCUT2D eigenvalue weighted by Crippen LogP contribution is 2.11. The van der Waals surface area contributed by atoms with Crippen LogP contribution in [0.4, 0.5) is 0 Å². The molecule has 0 atom stereocenters. The van der Waals surface area contributed by atoms with Crippen LogP contribution in [0.2, 0.25) is 0 Å². The van der Waals surface area contributed by atoms with Gasteiger partial charge >= 0.3 is 0 Å². The van der Waals surface area contributed by atoms with Crippen LogP contribution in [0.5, 0.6) is 0 Å². The second kappa shape index (κ2) is 34.0. The van der Waals surface area contributed by atoms with E-state index in [1.54, 1.807) is 13.8 Å². The summed E-state index contributed by atoms with van der Waals surface area (Å²) < 4.78 is 9.26. The van der Waals surface area contributed by atoms with Crippen LogP contribution in [-0.2, 0) is 26.2 Å². The Bertz CT molecular complexity index is 1190. The van der Waals surface area contributed by atoms with Crippen molar-refractivity contribution in [3.8, 4) is 59.2 Å². The van der Waals surface area contributed by atoms with Crippen molar-refractivity contribution in [3.63, 3.8) is 0 Å². The molecule has 0 aromatic carbocycles. The number of hydrogen-bond donors (Lipinski definition) is 0. The summed E-state index contributed by atoms with van der Waals surface area (Å²) in [6, 6.07) is 0. The van der Waals surface area contributed by atoms with Crippen LogP contribution < -0.4 is 43.1 Å². The maximum Gasteiger partial charge on any atom is 0.243 e. The van der Waals surface area contributed by atoms with Crippen LogP contribution in [0.25, 0.3) is 0 Å². The number of aryl methyl sites for hydroxylation is 4. The molecule has 0 aliphatic rings. The molecule has 0 fully saturated rings. The molecule has 0 saturated carbocycles. The minimum atomic E-state index is 0. The molecule has 0 bridgehead atoms. The maximum atomic E-state index is 3.50. The van der Waals surface area contributed by atoms with Gasteiger partial charge in [0.2, 0.25) is 12.7 Å². The molecule has 4 nitrogen and oxygen atoms in total. The number of halogens is 4. The van der Waals surface area contributed by atoms with Crippen molar-refractivity contribution in [2.75, 3.05) is 10.7 Å². The fraction of sp³-hybridized carbons (Fsp3) is 0.556. The Balaban J connectivity index is 0. The topological polar surface area (TPSA) is 17.6 Å². The first-order valence-electron chi connectivity index (χ1n) is 15.3. The van der Waals surface area contributed by atoms with E-state index in [0.717, 1.165) is 23.7 Å². The molecule has 0 spiro atoms. The largest absolute Gasteiger partial charge is 1.00 e. The highest BCUT2D eigenvalue weighted by Gasteiger charge is 2.04. The van der Waals surface area contributed by atoms with Crippen LogP contribution in [0.3, 0.4) is 0 Å². The van der Waals surface area contributed by atoms with Crippen molar-refractivity contribution in [1.82, 2.24) is 9.13 Å². The van der Waals surface area contributed by atoms with Crippen LogP contribution in [0.15, 0.2) is 37.4 Å². The predicted molar refractivity (Wildman–Crippen MR) is 182 cm³/mol. The Morgan fingerprint density at radius 2 is 0.795 bits per heavy atom. The summed E-state index contributed by atoms with van der Waals surface area (Å²) in [6.07, 6.45) is 29.5. The zero-order chi connectivity index (χ0) is 30.4. The number of rotatable bonds is 19. The zero-order valence-electron chi connectivity index (χ0n) is 26.5. The van der Waals surface area contributed by atoms with Gasteiger partial charge in [0.25, 0.3) is 0 Å². The van der Waals surface area contributed by atoms with Crippen LogP contribution >= 0.6 is 31.9 Å². The second-order valence-corrected chi connectivity index (χ2v) is 11.5. The molecule has 240 valence electrons. The van der Waals surface area contributed by atoms with E-state index in [2.05, 4.69) is 147 Å². The fourth-order valence-corrected chi connectivity index (χ4v) is 4.71. The molecular formula is C36H48Br4N4. The lowest BCUT2D eigenvalue weighted by atomic mass is 10.1. The summed E-state index contributed by atoms with van der Waals surface area (Å²) in [5.74, 6) is 25.6. The first-order chi connectivity index (χ1) is 20.7. The van der Waals surface area contributed by atoms with Gasteiger partial charge in [0, 0.05) is 10.7 Å². The fourth-order valence-electron chi connectivity index (χ4n) is 4.21. The van der Waals surface area contributed by atoms with E-state index in [1.165, 1.54) is 90.1 Å². The van der Waals surface area contributed by atoms with Gasteiger partial charge in [0.15, 0.2) is 0 Å². The molecule has 2 rings (SSSR count). The summed E-state index contributed by atoms with van der Waals surface area (Å²) in [5.41, 5.74) is 0. The normalized spacial score (nSPS) is 8.82. The van der Waals surface area contributed by atoms with Gasteiger partial charge < -0.3 is 34.0 Å². The van der Waals surface area contributed by atoms with E-state index >= 15 is 0 Å². The minimum Gasteiger partial charge on any atom is -1.00 e. The molecule has 8 heteroatoms. The smallest absolute Gasteiger partial charge is 0.243 e. The quantitative estimate of drug-likeness (QED) is 0.0874. The second-order valence-electron chi connectivity index (χ2n) is 9.90. The van der Waals surface area contributed by atoms with Crippen LogP contribution in [-0.4, -0.2) is 19.8 Å². The number of unbranched alkanes of at least 4 members (excludes halogenated alkanes) is 9. The minimum absolute atomic E-state index is 0. The third kappa shape index (κ3) is 26.5. The standard InChI is InChI=1S/C24H42Br2N4.C12H6.2BrH/c25-13-11-17-29-21-19-27(23-29)15-9-7-5-3-1-2-4-6-8-10-16-28-20-22-30(24-28)18-12-14-26;1-3-5-7-9-11-12-10-8-6-4-2;;/h19-24H,1-18H2;1-2H3;2*1H/q+2;;;/p-2. The van der Waals surface area contributed by atoms with E-state index in [-0.39, 0.29) is 34.0 Å². The van der Waals surface area contributed by atoms with Crippen LogP contribution in [0.1, 0.15) is 90.9 Å². The third-order valence-corrected chi connectivity index (χ3v) is 7.48. The van der Waals surface area contributed by atoms with Gasteiger partial charge in [-0.25, -0.2) is 18.3 Å². The third-order valence-electron chi connectivity index (χ3n) is 6.36. The molecule has 2 heterocycles. The molecule has 0 unspecified atom stereocenters. The van der Waals surface area contributed by atoms with E-state index in [9.17, 15) is 0 Å². The predicted octanol–water partition coefficient (Wildman–Crippen LogP) is 1.09. The summed E-state index contributed by atoms with van der Waals surface area (Å²) in [5, 5.41) is 2.16. The lowest BCUT2D eigenvalue weighted by Crippen LogP contribution is -3.00. The maximum absolute atomic E-state index is 3.50. The van der Waals surface area contributed by atoms with E-state index < -0.39 is 0 Å². The molecule has 0 N–H and O–H groups in total. The number of imidazole rings is 2. The average Bonchev–Trinajstić information content (AvgIpc) is 3.66. The summed E-state index contributed by atoms with van der Waals surface area (Å²) in [6.45, 7) is 8.00. The first kappa shape index (κ1) is 44.3. The van der Waals surface area contributed by atoms with Crippen molar-refractivity contribution in [1.29, 1.82) is 0 Å². The Morgan fingerprint density at radius 1 is 0.477 bits per heavy atom. The number of alkyl halides is 2. The highest BCUT2D eigenvalue weighted by atomic mass is 79.9. The van der Waals surface area contributed by atoms with Crippen LogP contribution in [0, 0.1) is 59.2 Å². The molecule has 0 aliphatic carbocycles. The lowest BCUT2D eigenvalue weighted by Gasteiger charge is -2.02. The number of hydrogen-bond acceptors (Lipinski definition) is 0. The molecule has 0 radical (unpaired) electrons. The Hall–Kier alpha value is -1.86. The Kier molecular flexibility index (Phi) is 34.2. The summed E-state index contributed by atoms with van der Waals surface area (Å²) in [4.78, 5) is 0.